The first-order valence-corrected chi connectivity index (χ1v) is 7.15. The van der Waals surface area contributed by atoms with Crippen molar-refractivity contribution in [2.75, 3.05) is 13.1 Å². The highest BCUT2D eigenvalue weighted by Gasteiger charge is 2.26. The number of aliphatic hydroxyl groups is 1. The molecule has 1 aliphatic rings. The van der Waals surface area contributed by atoms with E-state index in [1.54, 1.807) is 0 Å². The fraction of sp³-hybridized carbons (Fsp3) is 0.438. The zero-order valence-corrected chi connectivity index (χ0v) is 11.7. The molecule has 0 saturated carbocycles. The molecule has 0 aliphatic carbocycles. The number of nitrogens with zero attached hydrogens (tertiary/aromatic N) is 1. The number of hydrogen-bond acceptors (Lipinski definition) is 3. The molecule has 2 atom stereocenters. The van der Waals surface area contributed by atoms with Gasteiger partial charge in [0.2, 0.25) is 0 Å². The van der Waals surface area contributed by atoms with Crippen LogP contribution in [0.25, 0.3) is 10.9 Å². The van der Waals surface area contributed by atoms with Crippen molar-refractivity contribution in [2.45, 2.75) is 26.0 Å². The minimum atomic E-state index is -0.269. The molecule has 1 saturated heterocycles. The standard InChI is InChI=1S/C16H20N2O2/c1-11(19)13-6-7-18(9-13)10-14-8-12-4-2-3-5-15(12)17-16(14)20/h2-5,8,11,13,19H,6-7,9-10H2,1H3,(H,17,20). The lowest BCUT2D eigenvalue weighted by atomic mass is 10.0. The highest BCUT2D eigenvalue weighted by molar-refractivity contribution is 5.78. The number of rotatable bonds is 3. The largest absolute Gasteiger partial charge is 0.393 e. The van der Waals surface area contributed by atoms with E-state index in [0.29, 0.717) is 12.5 Å². The molecule has 2 N–H and O–H groups in total. The average Bonchev–Trinajstić information content (AvgIpc) is 2.88. The number of aromatic amines is 1. The van der Waals surface area contributed by atoms with Crippen molar-refractivity contribution in [3.05, 3.63) is 46.2 Å². The van der Waals surface area contributed by atoms with Gasteiger partial charge in [-0.25, -0.2) is 0 Å². The van der Waals surface area contributed by atoms with Gasteiger partial charge >= 0.3 is 0 Å². The second kappa shape index (κ2) is 5.38. The number of H-pyrrole nitrogens is 1. The zero-order chi connectivity index (χ0) is 14.1. The number of para-hydroxylation sites is 1. The van der Waals surface area contributed by atoms with Crippen molar-refractivity contribution in [3.8, 4) is 0 Å². The second-order valence-corrected chi connectivity index (χ2v) is 5.74. The van der Waals surface area contributed by atoms with Gasteiger partial charge in [0.15, 0.2) is 0 Å². The summed E-state index contributed by atoms with van der Waals surface area (Å²) in [5.74, 6) is 0.328. The first-order valence-electron chi connectivity index (χ1n) is 7.15. The molecule has 2 unspecified atom stereocenters. The monoisotopic (exact) mass is 272 g/mol. The maximum atomic E-state index is 12.1. The van der Waals surface area contributed by atoms with E-state index in [9.17, 15) is 9.90 Å². The van der Waals surface area contributed by atoms with Crippen LogP contribution in [0.4, 0.5) is 0 Å². The Kier molecular flexibility index (Phi) is 3.59. The molecule has 2 aromatic rings. The summed E-state index contributed by atoms with van der Waals surface area (Å²) in [5.41, 5.74) is 1.67. The molecule has 0 amide bonds. The Morgan fingerprint density at radius 2 is 2.25 bits per heavy atom. The van der Waals surface area contributed by atoms with Crippen LogP contribution >= 0.6 is 0 Å². The predicted octanol–water partition coefficient (Wildman–Crippen LogP) is 1.73. The number of benzene rings is 1. The number of aliphatic hydroxyl groups excluding tert-OH is 1. The van der Waals surface area contributed by atoms with Crippen LogP contribution in [0, 0.1) is 5.92 Å². The Hall–Kier alpha value is -1.65. The molecule has 106 valence electrons. The number of likely N-dealkylation sites (tertiary alicyclic amines) is 1. The van der Waals surface area contributed by atoms with E-state index in [4.69, 9.17) is 0 Å². The van der Waals surface area contributed by atoms with Gasteiger partial charge in [-0.05, 0) is 43.3 Å². The Balaban J connectivity index is 1.81. The maximum absolute atomic E-state index is 12.1. The SMILES string of the molecule is CC(O)C1CCN(Cc2cc3ccccc3[nH]c2=O)C1. The van der Waals surface area contributed by atoms with E-state index in [1.165, 1.54) is 0 Å². The minimum Gasteiger partial charge on any atom is -0.393 e. The third-order valence-corrected chi connectivity index (χ3v) is 4.22. The molecule has 0 bridgehead atoms. The molecule has 1 aliphatic heterocycles. The quantitative estimate of drug-likeness (QED) is 0.894. The molecule has 1 aromatic carbocycles. The number of aromatic nitrogens is 1. The summed E-state index contributed by atoms with van der Waals surface area (Å²) in [6.07, 6.45) is 0.735. The van der Waals surface area contributed by atoms with E-state index >= 15 is 0 Å². The van der Waals surface area contributed by atoms with Crippen molar-refractivity contribution in [3.63, 3.8) is 0 Å². The van der Waals surface area contributed by atoms with Crippen LogP contribution in [0.1, 0.15) is 18.9 Å². The van der Waals surface area contributed by atoms with Crippen molar-refractivity contribution in [1.29, 1.82) is 0 Å². The topological polar surface area (TPSA) is 56.3 Å². The van der Waals surface area contributed by atoms with Gasteiger partial charge in [0.25, 0.3) is 5.56 Å². The Morgan fingerprint density at radius 3 is 3.00 bits per heavy atom. The van der Waals surface area contributed by atoms with Gasteiger partial charge in [-0.3, -0.25) is 9.69 Å². The molecule has 2 heterocycles. The average molecular weight is 272 g/mol. The lowest BCUT2D eigenvalue weighted by molar-refractivity contribution is 0.127. The summed E-state index contributed by atoms with van der Waals surface area (Å²) in [4.78, 5) is 17.3. The summed E-state index contributed by atoms with van der Waals surface area (Å²) in [6.45, 7) is 4.31. The molecule has 1 aromatic heterocycles. The van der Waals surface area contributed by atoms with Crippen LogP contribution in [-0.4, -0.2) is 34.2 Å². The Bertz CT molecular complexity index is 663. The first-order chi connectivity index (χ1) is 9.63. The summed E-state index contributed by atoms with van der Waals surface area (Å²) >= 11 is 0. The maximum Gasteiger partial charge on any atom is 0.252 e. The van der Waals surface area contributed by atoms with Crippen LogP contribution in [-0.2, 0) is 6.54 Å². The fourth-order valence-electron chi connectivity index (χ4n) is 2.95. The molecule has 4 heteroatoms. The highest BCUT2D eigenvalue weighted by atomic mass is 16.3. The second-order valence-electron chi connectivity index (χ2n) is 5.74. The zero-order valence-electron chi connectivity index (χ0n) is 11.7. The first kappa shape index (κ1) is 13.3. The number of fused-ring (bicyclic) bond motifs is 1. The van der Waals surface area contributed by atoms with Crippen LogP contribution in [0.5, 0.6) is 0 Å². The molecule has 0 spiro atoms. The van der Waals surface area contributed by atoms with Gasteiger partial charge in [0.05, 0.1) is 6.10 Å². The van der Waals surface area contributed by atoms with Gasteiger partial charge in [-0.2, -0.15) is 0 Å². The number of hydrogen-bond donors (Lipinski definition) is 2. The van der Waals surface area contributed by atoms with E-state index < -0.39 is 0 Å². The molecular weight excluding hydrogens is 252 g/mol. The summed E-state index contributed by atoms with van der Waals surface area (Å²) in [5, 5.41) is 10.7. The third-order valence-electron chi connectivity index (χ3n) is 4.22. The van der Waals surface area contributed by atoms with Gasteiger partial charge in [-0.15, -0.1) is 0 Å². The Labute approximate surface area is 118 Å². The lowest BCUT2D eigenvalue weighted by Gasteiger charge is -2.17. The van der Waals surface area contributed by atoms with Crippen LogP contribution in [0.2, 0.25) is 0 Å². The van der Waals surface area contributed by atoms with E-state index in [-0.39, 0.29) is 11.7 Å². The molecule has 20 heavy (non-hydrogen) atoms. The molecular formula is C16H20N2O2. The van der Waals surface area contributed by atoms with Gasteiger partial charge in [-0.1, -0.05) is 18.2 Å². The normalized spacial score (nSPS) is 21.4. The van der Waals surface area contributed by atoms with Gasteiger partial charge in [0.1, 0.15) is 0 Å². The predicted molar refractivity (Wildman–Crippen MR) is 79.6 cm³/mol. The Morgan fingerprint density at radius 1 is 1.45 bits per heavy atom. The van der Waals surface area contributed by atoms with E-state index in [2.05, 4.69) is 9.88 Å². The van der Waals surface area contributed by atoms with Crippen LogP contribution in [0.15, 0.2) is 35.1 Å². The smallest absolute Gasteiger partial charge is 0.252 e. The lowest BCUT2D eigenvalue weighted by Crippen LogP contribution is -2.27. The number of nitrogens with one attached hydrogen (secondary N) is 1. The number of pyridine rings is 1. The summed E-state index contributed by atoms with van der Waals surface area (Å²) in [6, 6.07) is 9.80. The fourth-order valence-corrected chi connectivity index (χ4v) is 2.95. The van der Waals surface area contributed by atoms with Gasteiger partial charge in [0, 0.05) is 24.2 Å². The van der Waals surface area contributed by atoms with Crippen molar-refractivity contribution in [1.82, 2.24) is 9.88 Å². The van der Waals surface area contributed by atoms with Crippen molar-refractivity contribution < 1.29 is 5.11 Å². The van der Waals surface area contributed by atoms with E-state index in [1.807, 2.05) is 37.3 Å². The summed E-state index contributed by atoms with van der Waals surface area (Å²) in [7, 11) is 0. The van der Waals surface area contributed by atoms with Crippen molar-refractivity contribution in [2.24, 2.45) is 5.92 Å². The highest BCUT2D eigenvalue weighted by Crippen LogP contribution is 2.21. The third kappa shape index (κ3) is 2.62. The van der Waals surface area contributed by atoms with Gasteiger partial charge < -0.3 is 10.1 Å². The van der Waals surface area contributed by atoms with Crippen LogP contribution < -0.4 is 5.56 Å². The minimum absolute atomic E-state index is 0.0100. The van der Waals surface area contributed by atoms with Crippen molar-refractivity contribution >= 4 is 10.9 Å². The molecule has 1 fully saturated rings. The molecule has 3 rings (SSSR count). The van der Waals surface area contributed by atoms with E-state index in [0.717, 1.165) is 36.0 Å². The molecule has 0 radical (unpaired) electrons. The van der Waals surface area contributed by atoms with Crippen LogP contribution in [0.3, 0.4) is 0 Å². The summed E-state index contributed by atoms with van der Waals surface area (Å²) < 4.78 is 0. The molecule has 4 nitrogen and oxygen atoms in total.